The van der Waals surface area contributed by atoms with Gasteiger partial charge in [0.2, 0.25) is 0 Å². The van der Waals surface area contributed by atoms with Crippen LogP contribution in [0.5, 0.6) is 11.5 Å². The summed E-state index contributed by atoms with van der Waals surface area (Å²) in [6.07, 6.45) is -0.380. The Morgan fingerprint density at radius 1 is 0.931 bits per heavy atom. The van der Waals surface area contributed by atoms with Crippen LogP contribution < -0.4 is 14.4 Å². The van der Waals surface area contributed by atoms with Crippen molar-refractivity contribution in [2.45, 2.75) is 18.6 Å². The predicted molar refractivity (Wildman–Crippen MR) is 112 cm³/mol. The van der Waals surface area contributed by atoms with E-state index in [0.29, 0.717) is 17.4 Å². The van der Waals surface area contributed by atoms with Gasteiger partial charge in [-0.25, -0.2) is 4.79 Å². The van der Waals surface area contributed by atoms with Crippen molar-refractivity contribution in [2.24, 2.45) is 0 Å². The number of benzene rings is 3. The number of nitrogens with zero attached hydrogens (tertiary/aromatic N) is 1. The van der Waals surface area contributed by atoms with E-state index in [1.54, 1.807) is 36.4 Å². The molecule has 0 saturated heterocycles. The van der Waals surface area contributed by atoms with Gasteiger partial charge in [0, 0.05) is 25.2 Å². The van der Waals surface area contributed by atoms with E-state index in [4.69, 9.17) is 9.47 Å². The lowest BCUT2D eigenvalue weighted by Gasteiger charge is -2.33. The highest BCUT2D eigenvalue weighted by Crippen LogP contribution is 2.39. The lowest BCUT2D eigenvalue weighted by atomic mass is 9.84. The van der Waals surface area contributed by atoms with Crippen molar-refractivity contribution in [3.63, 3.8) is 0 Å². The molecular formula is C24H23NO4. The third-order valence-corrected chi connectivity index (χ3v) is 5.19. The van der Waals surface area contributed by atoms with E-state index in [1.807, 2.05) is 18.2 Å². The number of ether oxygens (including phenoxy) is 2. The van der Waals surface area contributed by atoms with Gasteiger partial charge in [0.1, 0.15) is 11.5 Å². The molecule has 0 fully saturated rings. The molecule has 3 aromatic rings. The van der Waals surface area contributed by atoms with Crippen LogP contribution in [0.2, 0.25) is 0 Å². The van der Waals surface area contributed by atoms with Gasteiger partial charge in [0.25, 0.3) is 0 Å². The summed E-state index contributed by atoms with van der Waals surface area (Å²) in [5, 5.41) is 9.43. The molecule has 1 N–H and O–H groups in total. The van der Waals surface area contributed by atoms with E-state index in [-0.39, 0.29) is 0 Å². The number of anilines is 1. The van der Waals surface area contributed by atoms with Crippen LogP contribution in [-0.4, -0.2) is 31.0 Å². The minimum Gasteiger partial charge on any atom is -0.476 e. The molecule has 4 rings (SSSR count). The van der Waals surface area contributed by atoms with E-state index >= 15 is 0 Å². The number of fused-ring (bicyclic) bond motifs is 1. The molecule has 0 amide bonds. The Kier molecular flexibility index (Phi) is 5.38. The molecular weight excluding hydrogens is 366 g/mol. The number of para-hydroxylation sites is 2. The summed E-state index contributed by atoms with van der Waals surface area (Å²) >= 11 is 0. The maximum atomic E-state index is 11.5. The van der Waals surface area contributed by atoms with E-state index in [2.05, 4.69) is 36.2 Å². The quantitative estimate of drug-likeness (QED) is 0.628. The van der Waals surface area contributed by atoms with Gasteiger partial charge in [0.15, 0.2) is 0 Å². The molecule has 1 heterocycles. The summed E-state index contributed by atoms with van der Waals surface area (Å²) in [6.45, 7) is 0.992. The van der Waals surface area contributed by atoms with Crippen LogP contribution in [0, 0.1) is 0 Å². The number of carbonyl (C=O) groups is 1. The van der Waals surface area contributed by atoms with Crippen molar-refractivity contribution in [3.05, 3.63) is 90.0 Å². The highest BCUT2D eigenvalue weighted by atomic mass is 16.7. The molecule has 5 nitrogen and oxygen atoms in total. The zero-order valence-corrected chi connectivity index (χ0v) is 16.2. The molecule has 0 radical (unpaired) electrons. The highest BCUT2D eigenvalue weighted by Gasteiger charge is 2.25. The molecule has 0 aliphatic carbocycles. The smallest absolute Gasteiger partial charge is 0.387 e. The van der Waals surface area contributed by atoms with Gasteiger partial charge in [-0.15, -0.1) is 0 Å². The van der Waals surface area contributed by atoms with Gasteiger partial charge < -0.3 is 19.5 Å². The Morgan fingerprint density at radius 3 is 2.24 bits per heavy atom. The molecule has 2 unspecified atom stereocenters. The molecule has 5 heteroatoms. The first-order chi connectivity index (χ1) is 14.1. The predicted octanol–water partition coefficient (Wildman–Crippen LogP) is 4.53. The fourth-order valence-corrected chi connectivity index (χ4v) is 3.72. The number of carboxylic acid groups (broad SMARTS) is 1. The first-order valence-electron chi connectivity index (χ1n) is 9.63. The second-order valence-electron chi connectivity index (χ2n) is 7.11. The molecule has 0 aromatic heterocycles. The molecule has 3 aromatic carbocycles. The van der Waals surface area contributed by atoms with Crippen molar-refractivity contribution in [1.29, 1.82) is 0 Å². The van der Waals surface area contributed by atoms with E-state index in [0.717, 1.165) is 13.0 Å². The number of carboxylic acids is 1. The molecule has 0 bridgehead atoms. The molecule has 0 spiro atoms. The molecule has 0 saturated carbocycles. The second-order valence-corrected chi connectivity index (χ2v) is 7.11. The van der Waals surface area contributed by atoms with Gasteiger partial charge in [-0.1, -0.05) is 48.5 Å². The molecule has 1 aliphatic rings. The van der Waals surface area contributed by atoms with Crippen molar-refractivity contribution < 1.29 is 19.4 Å². The maximum Gasteiger partial charge on any atom is 0.387 e. The standard InChI is InChI=1S/C24H23NO4/c1-25-16-15-20(21-9-5-6-10-22(21)25)17-11-13-19(14-12-17)29-24(23(26)27)28-18-7-3-2-4-8-18/h2-14,20,24H,15-16H2,1H3,(H,26,27). The first-order valence-corrected chi connectivity index (χ1v) is 9.63. The number of aliphatic carboxylic acids is 1. The SMILES string of the molecule is CN1CCC(c2ccc(OC(Oc3ccccc3)C(=O)O)cc2)c2ccccc21. The summed E-state index contributed by atoms with van der Waals surface area (Å²) in [4.78, 5) is 13.8. The van der Waals surface area contributed by atoms with Crippen molar-refractivity contribution >= 4 is 11.7 Å². The maximum absolute atomic E-state index is 11.5. The monoisotopic (exact) mass is 389 g/mol. The van der Waals surface area contributed by atoms with Crippen molar-refractivity contribution in [2.75, 3.05) is 18.5 Å². The summed E-state index contributed by atoms with van der Waals surface area (Å²) in [7, 11) is 2.12. The lowest BCUT2D eigenvalue weighted by molar-refractivity contribution is -0.158. The zero-order valence-electron chi connectivity index (χ0n) is 16.2. The molecule has 2 atom stereocenters. The van der Waals surface area contributed by atoms with Crippen molar-refractivity contribution in [3.8, 4) is 11.5 Å². The van der Waals surface area contributed by atoms with Gasteiger partial charge >= 0.3 is 12.3 Å². The largest absolute Gasteiger partial charge is 0.476 e. The summed E-state index contributed by atoms with van der Waals surface area (Å²) in [6, 6.07) is 24.9. The number of hydrogen-bond acceptors (Lipinski definition) is 4. The Balaban J connectivity index is 1.50. The fourth-order valence-electron chi connectivity index (χ4n) is 3.72. The first kappa shape index (κ1) is 18.9. The summed E-state index contributed by atoms with van der Waals surface area (Å²) in [5.74, 6) is 0.0345. The zero-order chi connectivity index (χ0) is 20.2. The van der Waals surface area contributed by atoms with E-state index in [1.165, 1.54) is 16.8 Å². The van der Waals surface area contributed by atoms with Gasteiger partial charge in [-0.2, -0.15) is 0 Å². The third kappa shape index (κ3) is 4.19. The third-order valence-electron chi connectivity index (χ3n) is 5.19. The topological polar surface area (TPSA) is 59.0 Å². The van der Waals surface area contributed by atoms with Crippen LogP contribution in [0.1, 0.15) is 23.5 Å². The van der Waals surface area contributed by atoms with Gasteiger partial charge in [-0.05, 0) is 47.9 Å². The van der Waals surface area contributed by atoms with Crippen molar-refractivity contribution in [1.82, 2.24) is 0 Å². The molecule has 29 heavy (non-hydrogen) atoms. The molecule has 148 valence electrons. The lowest BCUT2D eigenvalue weighted by Crippen LogP contribution is -2.33. The Bertz CT molecular complexity index is 972. The normalized spacial score (nSPS) is 16.6. The van der Waals surface area contributed by atoms with Crippen LogP contribution in [0.15, 0.2) is 78.9 Å². The summed E-state index contributed by atoms with van der Waals surface area (Å²) < 4.78 is 11.0. The fraction of sp³-hybridized carbons (Fsp3) is 0.208. The Hall–Kier alpha value is -3.47. The van der Waals surface area contributed by atoms with Gasteiger partial charge in [-0.3, -0.25) is 0 Å². The van der Waals surface area contributed by atoms with Crippen LogP contribution in [-0.2, 0) is 4.79 Å². The minimum atomic E-state index is -1.41. The van der Waals surface area contributed by atoms with Crippen LogP contribution in [0.25, 0.3) is 0 Å². The summed E-state index contributed by atoms with van der Waals surface area (Å²) in [5.41, 5.74) is 3.76. The van der Waals surface area contributed by atoms with Crippen LogP contribution in [0.4, 0.5) is 5.69 Å². The Morgan fingerprint density at radius 2 is 1.55 bits per heavy atom. The van der Waals surface area contributed by atoms with Gasteiger partial charge in [0.05, 0.1) is 0 Å². The Labute approximate surface area is 170 Å². The van der Waals surface area contributed by atoms with E-state index in [9.17, 15) is 9.90 Å². The molecule has 1 aliphatic heterocycles. The van der Waals surface area contributed by atoms with Crippen LogP contribution >= 0.6 is 0 Å². The number of hydrogen-bond donors (Lipinski definition) is 1. The number of rotatable bonds is 6. The second kappa shape index (κ2) is 8.27. The average Bonchev–Trinajstić information content (AvgIpc) is 2.75. The van der Waals surface area contributed by atoms with Crippen LogP contribution in [0.3, 0.4) is 0 Å². The average molecular weight is 389 g/mol. The highest BCUT2D eigenvalue weighted by molar-refractivity contribution is 5.71. The minimum absolute atomic E-state index is 0.312. The van der Waals surface area contributed by atoms with E-state index < -0.39 is 12.3 Å².